The minimum Gasteiger partial charge on any atom is -0.467 e. The molecule has 1 atom stereocenters. The third kappa shape index (κ3) is 4.58. The van der Waals surface area contributed by atoms with Crippen LogP contribution >= 0.6 is 23.1 Å². The number of amides is 2. The third-order valence-electron chi connectivity index (χ3n) is 3.72. The second-order valence-corrected chi connectivity index (χ2v) is 8.15. The molecular formula is C19H19ClN4O3S. The van der Waals surface area contributed by atoms with Gasteiger partial charge in [0.25, 0.3) is 11.8 Å². The van der Waals surface area contributed by atoms with Gasteiger partial charge in [0.15, 0.2) is 11.7 Å². The standard InChI is InChI=1S/C19H19ClN4O3S/c1-19(2,3)21-17(25)16(15-5-4-10-27-15)24(13-8-6-12(20)7-9-13)18(26)14-11-28-23-22-14/h4-11,16H,1-3H3,(H,21,25)/t16-/m1/s1. The highest BCUT2D eigenvalue weighted by Crippen LogP contribution is 2.31. The number of nitrogens with one attached hydrogen (secondary N) is 1. The van der Waals surface area contributed by atoms with Gasteiger partial charge in [0.05, 0.1) is 6.26 Å². The van der Waals surface area contributed by atoms with E-state index >= 15 is 0 Å². The van der Waals surface area contributed by atoms with E-state index in [1.54, 1.807) is 36.4 Å². The number of carbonyl (C=O) groups is 2. The molecule has 0 radical (unpaired) electrons. The van der Waals surface area contributed by atoms with Crippen molar-refractivity contribution in [1.29, 1.82) is 0 Å². The molecule has 0 unspecified atom stereocenters. The minimum atomic E-state index is -1.04. The molecule has 0 aliphatic heterocycles. The van der Waals surface area contributed by atoms with Crippen molar-refractivity contribution in [1.82, 2.24) is 14.9 Å². The highest BCUT2D eigenvalue weighted by Gasteiger charge is 2.37. The fourth-order valence-electron chi connectivity index (χ4n) is 2.62. The number of nitrogens with zero attached hydrogens (tertiary/aromatic N) is 3. The first-order valence-electron chi connectivity index (χ1n) is 8.48. The highest BCUT2D eigenvalue weighted by molar-refractivity contribution is 7.03. The number of anilines is 1. The zero-order chi connectivity index (χ0) is 20.3. The summed E-state index contributed by atoms with van der Waals surface area (Å²) in [7, 11) is 0. The molecule has 0 aliphatic carbocycles. The molecule has 1 N–H and O–H groups in total. The number of rotatable bonds is 5. The van der Waals surface area contributed by atoms with Gasteiger partial charge >= 0.3 is 0 Å². The van der Waals surface area contributed by atoms with Gasteiger partial charge in [0.1, 0.15) is 5.76 Å². The molecule has 0 bridgehead atoms. The Balaban J connectivity index is 2.12. The number of hydrogen-bond donors (Lipinski definition) is 1. The Morgan fingerprint density at radius 2 is 1.93 bits per heavy atom. The fraction of sp³-hybridized carbons (Fsp3) is 0.263. The Bertz CT molecular complexity index is 935. The summed E-state index contributed by atoms with van der Waals surface area (Å²) in [6.07, 6.45) is 1.46. The quantitative estimate of drug-likeness (QED) is 0.674. The van der Waals surface area contributed by atoms with Gasteiger partial charge in [-0.05, 0) is 68.7 Å². The van der Waals surface area contributed by atoms with Crippen LogP contribution < -0.4 is 10.2 Å². The van der Waals surface area contributed by atoms with Crippen LogP contribution in [0.2, 0.25) is 5.02 Å². The van der Waals surface area contributed by atoms with Crippen molar-refractivity contribution in [3.05, 3.63) is 64.5 Å². The molecule has 28 heavy (non-hydrogen) atoms. The van der Waals surface area contributed by atoms with E-state index in [4.69, 9.17) is 16.0 Å². The van der Waals surface area contributed by atoms with Gasteiger partial charge in [-0.1, -0.05) is 16.1 Å². The van der Waals surface area contributed by atoms with Crippen LogP contribution in [0.5, 0.6) is 0 Å². The molecule has 0 fully saturated rings. The van der Waals surface area contributed by atoms with Crippen LogP contribution in [0.25, 0.3) is 0 Å². The van der Waals surface area contributed by atoms with E-state index in [-0.39, 0.29) is 11.6 Å². The first kappa shape index (κ1) is 20.0. The molecule has 9 heteroatoms. The zero-order valence-corrected chi connectivity index (χ0v) is 17.1. The lowest BCUT2D eigenvalue weighted by Crippen LogP contribution is -2.49. The van der Waals surface area contributed by atoms with E-state index < -0.39 is 17.5 Å². The van der Waals surface area contributed by atoms with E-state index in [1.807, 2.05) is 20.8 Å². The van der Waals surface area contributed by atoms with Gasteiger partial charge in [-0.15, -0.1) is 5.10 Å². The van der Waals surface area contributed by atoms with Crippen molar-refractivity contribution in [3.8, 4) is 0 Å². The van der Waals surface area contributed by atoms with Crippen LogP contribution in [-0.4, -0.2) is 26.9 Å². The normalized spacial score (nSPS) is 12.4. The minimum absolute atomic E-state index is 0.139. The molecule has 146 valence electrons. The van der Waals surface area contributed by atoms with Gasteiger partial charge in [-0.2, -0.15) is 0 Å². The summed E-state index contributed by atoms with van der Waals surface area (Å²) in [6.45, 7) is 5.59. The van der Waals surface area contributed by atoms with Gasteiger partial charge in [0, 0.05) is 21.6 Å². The van der Waals surface area contributed by atoms with Crippen LogP contribution in [0.15, 0.2) is 52.5 Å². The maximum Gasteiger partial charge on any atom is 0.280 e. The van der Waals surface area contributed by atoms with Crippen molar-refractivity contribution in [2.75, 3.05) is 4.90 Å². The van der Waals surface area contributed by atoms with Crippen molar-refractivity contribution in [2.45, 2.75) is 32.4 Å². The molecule has 0 spiro atoms. The molecule has 2 heterocycles. The molecule has 3 rings (SSSR count). The van der Waals surface area contributed by atoms with Crippen molar-refractivity contribution in [2.24, 2.45) is 0 Å². The lowest BCUT2D eigenvalue weighted by atomic mass is 10.1. The van der Waals surface area contributed by atoms with Crippen molar-refractivity contribution >= 4 is 40.6 Å². The summed E-state index contributed by atoms with van der Waals surface area (Å²) >= 11 is 7.06. The van der Waals surface area contributed by atoms with Crippen LogP contribution in [-0.2, 0) is 4.79 Å². The molecule has 2 amide bonds. The highest BCUT2D eigenvalue weighted by atomic mass is 35.5. The number of hydrogen-bond acceptors (Lipinski definition) is 6. The number of benzene rings is 1. The van der Waals surface area contributed by atoms with Crippen molar-refractivity contribution in [3.63, 3.8) is 0 Å². The first-order valence-corrected chi connectivity index (χ1v) is 9.69. The summed E-state index contributed by atoms with van der Waals surface area (Å²) in [6, 6.07) is 8.92. The average Bonchev–Trinajstić information content (AvgIpc) is 3.32. The Morgan fingerprint density at radius 3 is 2.46 bits per heavy atom. The Morgan fingerprint density at radius 1 is 1.21 bits per heavy atom. The Labute approximate surface area is 171 Å². The maximum absolute atomic E-state index is 13.3. The fourth-order valence-corrected chi connectivity index (χ4v) is 3.18. The molecule has 1 aromatic carbocycles. The van der Waals surface area contributed by atoms with Gasteiger partial charge in [-0.25, -0.2) is 0 Å². The van der Waals surface area contributed by atoms with Crippen LogP contribution in [0.1, 0.15) is 43.1 Å². The summed E-state index contributed by atoms with van der Waals surface area (Å²) < 4.78 is 9.27. The zero-order valence-electron chi connectivity index (χ0n) is 15.5. The Hall–Kier alpha value is -2.71. The number of aromatic nitrogens is 2. The van der Waals surface area contributed by atoms with Crippen LogP contribution in [0.4, 0.5) is 5.69 Å². The molecule has 3 aromatic rings. The molecule has 0 saturated carbocycles. The lowest BCUT2D eigenvalue weighted by molar-refractivity contribution is -0.124. The largest absolute Gasteiger partial charge is 0.467 e. The van der Waals surface area contributed by atoms with Crippen molar-refractivity contribution < 1.29 is 14.0 Å². The smallest absolute Gasteiger partial charge is 0.280 e. The topological polar surface area (TPSA) is 88.3 Å². The predicted octanol–water partition coefficient (Wildman–Crippen LogP) is 4.09. The summed E-state index contributed by atoms with van der Waals surface area (Å²) in [4.78, 5) is 27.8. The van der Waals surface area contributed by atoms with Gasteiger partial charge in [0.2, 0.25) is 0 Å². The van der Waals surface area contributed by atoms with E-state index in [0.29, 0.717) is 16.5 Å². The third-order valence-corrected chi connectivity index (χ3v) is 4.48. The van der Waals surface area contributed by atoms with Gasteiger partial charge < -0.3 is 9.73 Å². The SMILES string of the molecule is CC(C)(C)NC(=O)[C@@H](c1ccco1)N(C(=O)c1csnn1)c1ccc(Cl)cc1. The van der Waals surface area contributed by atoms with E-state index in [2.05, 4.69) is 14.9 Å². The van der Waals surface area contributed by atoms with E-state index in [9.17, 15) is 9.59 Å². The molecule has 0 saturated heterocycles. The van der Waals surface area contributed by atoms with E-state index in [1.165, 1.54) is 16.5 Å². The summed E-state index contributed by atoms with van der Waals surface area (Å²) in [5.74, 6) is -0.524. The lowest BCUT2D eigenvalue weighted by Gasteiger charge is -2.32. The summed E-state index contributed by atoms with van der Waals surface area (Å²) in [5, 5.41) is 8.83. The van der Waals surface area contributed by atoms with Gasteiger partial charge in [-0.3, -0.25) is 14.5 Å². The van der Waals surface area contributed by atoms with E-state index in [0.717, 1.165) is 11.5 Å². The maximum atomic E-state index is 13.3. The predicted molar refractivity (Wildman–Crippen MR) is 108 cm³/mol. The number of furan rings is 1. The van der Waals surface area contributed by atoms with Crippen LogP contribution in [0.3, 0.4) is 0 Å². The van der Waals surface area contributed by atoms with Crippen LogP contribution in [0, 0.1) is 0 Å². The molecule has 0 aliphatic rings. The molecule has 7 nitrogen and oxygen atoms in total. The molecule has 2 aromatic heterocycles. The Kier molecular flexibility index (Phi) is 5.81. The number of carbonyl (C=O) groups excluding carboxylic acids is 2. The summed E-state index contributed by atoms with van der Waals surface area (Å²) in [5.41, 5.74) is 0.117. The number of halogens is 1. The average molecular weight is 419 g/mol. The second kappa shape index (κ2) is 8.12. The monoisotopic (exact) mass is 418 g/mol. The second-order valence-electron chi connectivity index (χ2n) is 7.10. The first-order chi connectivity index (χ1) is 13.3. The molecular weight excluding hydrogens is 400 g/mol.